The first-order chi connectivity index (χ1) is 17.5. The van der Waals surface area contributed by atoms with Crippen LogP contribution in [0.15, 0.2) is 65.9 Å². The van der Waals surface area contributed by atoms with Crippen LogP contribution in [0.4, 0.5) is 11.5 Å². The molecule has 0 saturated carbocycles. The van der Waals surface area contributed by atoms with Gasteiger partial charge in [0.15, 0.2) is 17.1 Å². The summed E-state index contributed by atoms with van der Waals surface area (Å²) in [5.41, 5.74) is 3.34. The number of amides is 2. The normalized spacial score (nSPS) is 14.3. The maximum Gasteiger partial charge on any atom is 0.289 e. The number of hydrogen-bond acceptors (Lipinski definition) is 7. The first-order valence-electron chi connectivity index (χ1n) is 11.6. The molecule has 1 aliphatic heterocycles. The molecule has 3 N–H and O–H groups in total. The molecule has 4 aromatic rings. The van der Waals surface area contributed by atoms with Gasteiger partial charge in [-0.25, -0.2) is 14.6 Å². The molecule has 1 saturated heterocycles. The van der Waals surface area contributed by atoms with E-state index in [1.807, 2.05) is 36.4 Å². The molecule has 0 bridgehead atoms. The average molecular weight is 486 g/mol. The third-order valence-corrected chi connectivity index (χ3v) is 6.29. The average Bonchev–Trinajstić information content (AvgIpc) is 3.34. The number of nitrogen functional groups attached to an aromatic ring is 1. The van der Waals surface area contributed by atoms with E-state index in [4.69, 9.17) is 5.84 Å². The fourth-order valence-electron chi connectivity index (χ4n) is 4.30. The van der Waals surface area contributed by atoms with Gasteiger partial charge in [-0.2, -0.15) is 0 Å². The minimum absolute atomic E-state index is 0.0708. The van der Waals surface area contributed by atoms with Crippen LogP contribution in [0.5, 0.6) is 0 Å². The lowest BCUT2D eigenvalue weighted by molar-refractivity contribution is 0.0527. The second kappa shape index (κ2) is 9.53. The fourth-order valence-corrected chi connectivity index (χ4v) is 4.30. The van der Waals surface area contributed by atoms with Crippen LogP contribution in [0.1, 0.15) is 21.0 Å². The van der Waals surface area contributed by atoms with Crippen LogP contribution < -0.4 is 16.6 Å². The van der Waals surface area contributed by atoms with Gasteiger partial charge in [0, 0.05) is 63.9 Å². The number of carbonyl (C=O) groups excluding carboxylic acids is 2. The van der Waals surface area contributed by atoms with Crippen LogP contribution in [0.2, 0.25) is 0 Å². The number of benzene rings is 2. The number of hydrogen-bond donors (Lipinski definition) is 2. The van der Waals surface area contributed by atoms with Crippen LogP contribution in [0, 0.1) is 0 Å². The summed E-state index contributed by atoms with van der Waals surface area (Å²) in [6, 6.07) is 14.8. The van der Waals surface area contributed by atoms with E-state index in [1.165, 1.54) is 4.68 Å². The van der Waals surface area contributed by atoms with Crippen molar-refractivity contribution in [3.05, 3.63) is 77.8 Å². The summed E-state index contributed by atoms with van der Waals surface area (Å²) in [6.45, 7) is 1.86. The van der Waals surface area contributed by atoms with Gasteiger partial charge in [0.1, 0.15) is 0 Å². The Bertz CT molecular complexity index is 1500. The van der Waals surface area contributed by atoms with Gasteiger partial charge in [0.2, 0.25) is 0 Å². The van der Waals surface area contributed by atoms with E-state index in [-0.39, 0.29) is 11.8 Å². The van der Waals surface area contributed by atoms with Crippen molar-refractivity contribution in [2.75, 3.05) is 44.4 Å². The number of aromatic nitrogens is 4. The van der Waals surface area contributed by atoms with Gasteiger partial charge in [-0.05, 0) is 36.4 Å². The van der Waals surface area contributed by atoms with Crippen LogP contribution >= 0.6 is 0 Å². The molecule has 0 atom stereocenters. The summed E-state index contributed by atoms with van der Waals surface area (Å²) in [5, 5.41) is 3.26. The highest BCUT2D eigenvalue weighted by atomic mass is 16.2. The van der Waals surface area contributed by atoms with Crippen molar-refractivity contribution in [3.8, 4) is 0 Å². The zero-order valence-electron chi connectivity index (χ0n) is 20.1. The van der Waals surface area contributed by atoms with Crippen molar-refractivity contribution in [1.29, 1.82) is 0 Å². The summed E-state index contributed by atoms with van der Waals surface area (Å²) in [7, 11) is 3.45. The predicted octanol–water partition coefficient (Wildman–Crippen LogP) is 1.36. The fraction of sp³-hybridized carbons (Fsp3) is 0.240. The summed E-state index contributed by atoms with van der Waals surface area (Å²) >= 11 is 0. The number of piperazine rings is 1. The van der Waals surface area contributed by atoms with E-state index < -0.39 is 0 Å². The van der Waals surface area contributed by atoms with Crippen molar-refractivity contribution in [2.24, 2.45) is 12.0 Å². The predicted molar refractivity (Wildman–Crippen MR) is 136 cm³/mol. The van der Waals surface area contributed by atoms with Gasteiger partial charge in [-0.15, -0.1) is 0 Å². The largest absolute Gasteiger partial charge is 0.337 e. The summed E-state index contributed by atoms with van der Waals surface area (Å²) < 4.78 is 3.20. The Morgan fingerprint density at radius 1 is 0.972 bits per heavy atom. The molecule has 0 unspecified atom stereocenters. The molecule has 36 heavy (non-hydrogen) atoms. The number of nitrogens with two attached hydrogens (primary N) is 1. The number of nitrogens with one attached hydrogen (secondary N) is 1. The second-order valence-corrected chi connectivity index (χ2v) is 8.51. The maximum atomic E-state index is 13.1. The molecular formula is C25H27N9O2. The topological polar surface area (TPSA) is 127 Å². The quantitative estimate of drug-likeness (QED) is 0.420. The number of rotatable bonds is 4. The zero-order chi connectivity index (χ0) is 25.2. The number of anilines is 2. The Hall–Kier alpha value is -4.67. The van der Waals surface area contributed by atoms with Crippen LogP contribution in [-0.2, 0) is 7.05 Å². The summed E-state index contributed by atoms with van der Waals surface area (Å²) in [6.07, 6.45) is 3.35. The van der Waals surface area contributed by atoms with Crippen molar-refractivity contribution >= 4 is 34.4 Å². The van der Waals surface area contributed by atoms with E-state index in [0.717, 1.165) is 16.7 Å². The highest BCUT2D eigenvalue weighted by Gasteiger charge is 2.27. The minimum Gasteiger partial charge on any atom is -0.337 e. The summed E-state index contributed by atoms with van der Waals surface area (Å²) in [4.78, 5) is 42.3. The first kappa shape index (κ1) is 23.1. The van der Waals surface area contributed by atoms with Crippen molar-refractivity contribution in [3.63, 3.8) is 0 Å². The molecule has 3 heterocycles. The number of fused-ring (bicyclic) bond motifs is 1. The van der Waals surface area contributed by atoms with Gasteiger partial charge >= 0.3 is 0 Å². The summed E-state index contributed by atoms with van der Waals surface area (Å²) in [5.74, 6) is 6.99. The molecule has 1 fully saturated rings. The van der Waals surface area contributed by atoms with Gasteiger partial charge in [0.05, 0.1) is 11.0 Å². The smallest absolute Gasteiger partial charge is 0.289 e. The second-order valence-electron chi connectivity index (χ2n) is 8.51. The molecule has 0 aliphatic carbocycles. The van der Waals surface area contributed by atoms with E-state index in [9.17, 15) is 9.59 Å². The van der Waals surface area contributed by atoms with E-state index in [1.54, 1.807) is 53.0 Å². The maximum absolute atomic E-state index is 13.1. The Morgan fingerprint density at radius 3 is 2.28 bits per heavy atom. The van der Waals surface area contributed by atoms with E-state index in [2.05, 4.69) is 20.3 Å². The van der Waals surface area contributed by atoms with Crippen LogP contribution in [0.25, 0.3) is 11.0 Å². The number of para-hydroxylation sites is 2. The van der Waals surface area contributed by atoms with Crippen LogP contribution in [-0.4, -0.2) is 74.1 Å². The molecule has 2 aromatic heterocycles. The third kappa shape index (κ3) is 4.26. The Kier molecular flexibility index (Phi) is 6.11. The van der Waals surface area contributed by atoms with E-state index >= 15 is 0 Å². The Morgan fingerprint density at radius 2 is 1.64 bits per heavy atom. The van der Waals surface area contributed by atoms with Gasteiger partial charge < -0.3 is 25.5 Å². The van der Waals surface area contributed by atoms with Crippen molar-refractivity contribution in [2.45, 2.75) is 0 Å². The molecule has 1 aliphatic rings. The number of nitrogens with zero attached hydrogens (tertiary/aromatic N) is 7. The zero-order valence-corrected chi connectivity index (χ0v) is 20.1. The molecule has 2 amide bonds. The molecule has 0 radical (unpaired) electrons. The molecule has 11 nitrogen and oxygen atoms in total. The minimum atomic E-state index is -0.121. The molecule has 11 heteroatoms. The molecular weight excluding hydrogens is 458 g/mol. The molecule has 0 spiro atoms. The molecule has 184 valence electrons. The standard InChI is InChI=1S/C25H27N9O2/c1-27-22-21(30-19-5-3-4-6-20(19)34(22)26)29-18-9-7-17(8-10-18)24(35)32-13-15-33(16-14-32)25(36)23-28-11-12-31(23)2/h3-12H,13-16,26H2,1-2H3,(H,29,30). The lowest BCUT2D eigenvalue weighted by Gasteiger charge is -2.34. The van der Waals surface area contributed by atoms with Crippen LogP contribution in [0.3, 0.4) is 0 Å². The first-order valence-corrected chi connectivity index (χ1v) is 11.6. The lowest BCUT2D eigenvalue weighted by atomic mass is 10.1. The van der Waals surface area contributed by atoms with Crippen molar-refractivity contribution < 1.29 is 9.59 Å². The Labute approximate surface area is 207 Å². The van der Waals surface area contributed by atoms with Crippen molar-refractivity contribution in [1.82, 2.24) is 29.0 Å². The van der Waals surface area contributed by atoms with Gasteiger partial charge in [-0.3, -0.25) is 14.6 Å². The lowest BCUT2D eigenvalue weighted by Crippen LogP contribution is -2.51. The number of carbonyl (C=O) groups is 2. The Balaban J connectivity index is 1.26. The molecule has 2 aromatic carbocycles. The highest BCUT2D eigenvalue weighted by Crippen LogP contribution is 2.18. The number of aryl methyl sites for hydroxylation is 1. The highest BCUT2D eigenvalue weighted by molar-refractivity contribution is 5.95. The monoisotopic (exact) mass is 485 g/mol. The number of imidazole rings is 1. The van der Waals surface area contributed by atoms with Gasteiger partial charge in [-0.1, -0.05) is 12.1 Å². The SMILES string of the molecule is CN=c1c(Nc2ccc(C(=O)N3CCN(C(=O)c4nccn4C)CC3)cc2)nc2ccccc2n1N. The van der Waals surface area contributed by atoms with E-state index in [0.29, 0.717) is 48.9 Å². The van der Waals surface area contributed by atoms with Gasteiger partial charge in [0.25, 0.3) is 11.8 Å². The molecule has 5 rings (SSSR count). The third-order valence-electron chi connectivity index (χ3n) is 6.29.